The fraction of sp³-hybridized carbons (Fsp3) is 0.926. The fourth-order valence-corrected chi connectivity index (χ4v) is 9.12. The quantitative estimate of drug-likeness (QED) is 0.219. The Morgan fingerprint density at radius 2 is 1.86 bits per heavy atom. The van der Waals surface area contributed by atoms with Gasteiger partial charge in [0.2, 0.25) is 0 Å². The van der Waals surface area contributed by atoms with E-state index in [-0.39, 0.29) is 6.10 Å². The largest absolute Gasteiger partial charge is 0.393 e. The zero-order valence-electron chi connectivity index (χ0n) is 19.4. The third-order valence-corrected chi connectivity index (χ3v) is 12.0. The molecule has 3 saturated carbocycles. The molecule has 0 aromatic heterocycles. The van der Waals surface area contributed by atoms with E-state index in [0.29, 0.717) is 10.8 Å². The van der Waals surface area contributed by atoms with Crippen LogP contribution in [0, 0.1) is 46.3 Å². The van der Waals surface area contributed by atoms with Crippen LogP contribution in [0.5, 0.6) is 0 Å². The summed E-state index contributed by atoms with van der Waals surface area (Å²) >= 11 is 2.55. The van der Waals surface area contributed by atoms with Gasteiger partial charge in [-0.2, -0.15) is 0 Å². The number of rotatable bonds is 6. The maximum Gasteiger partial charge on any atom is 0.0577 e. The Kier molecular flexibility index (Phi) is 6.83. The molecule has 0 spiro atoms. The molecule has 2 unspecified atom stereocenters. The minimum atomic E-state index is -0.0774. The summed E-state index contributed by atoms with van der Waals surface area (Å²) in [5.41, 5.74) is 2.60. The van der Waals surface area contributed by atoms with E-state index < -0.39 is 0 Å². The molecular formula is C27H45IO. The molecule has 0 bridgehead atoms. The predicted molar refractivity (Wildman–Crippen MR) is 132 cm³/mol. The Morgan fingerprint density at radius 3 is 2.62 bits per heavy atom. The van der Waals surface area contributed by atoms with Crippen LogP contribution in [-0.2, 0) is 0 Å². The van der Waals surface area contributed by atoms with Gasteiger partial charge in [0.1, 0.15) is 0 Å². The van der Waals surface area contributed by atoms with Gasteiger partial charge >= 0.3 is 0 Å². The normalized spacial score (nSPS) is 46.3. The first kappa shape index (κ1) is 22.6. The van der Waals surface area contributed by atoms with Crippen LogP contribution < -0.4 is 0 Å². The van der Waals surface area contributed by atoms with E-state index in [0.717, 1.165) is 48.3 Å². The molecule has 4 aliphatic rings. The average Bonchev–Trinajstić information content (AvgIpc) is 3.05. The molecule has 0 amide bonds. The van der Waals surface area contributed by atoms with Gasteiger partial charge in [0.25, 0.3) is 0 Å². The van der Waals surface area contributed by atoms with Crippen molar-refractivity contribution in [1.82, 2.24) is 0 Å². The first-order valence-electron chi connectivity index (χ1n) is 12.7. The maximum atomic E-state index is 10.2. The topological polar surface area (TPSA) is 20.2 Å². The third kappa shape index (κ3) is 4.00. The third-order valence-electron chi connectivity index (χ3n) is 10.5. The van der Waals surface area contributed by atoms with E-state index in [1.807, 2.05) is 0 Å². The van der Waals surface area contributed by atoms with Crippen LogP contribution in [0.2, 0.25) is 0 Å². The minimum Gasteiger partial charge on any atom is -0.393 e. The standard InChI is InChI=1S/C27H45IO/c1-18(17-28)6-5-7-19(2)23-10-11-24-22-9-8-20-16-21(29)12-14-26(20,3)25(22)13-15-27(23,24)4/h8,18-19,21-25,29H,5-7,9-17H2,1-4H3/t18?,19?,21-,22-,23+,24-,25-,26-,27+/m0/s1. The van der Waals surface area contributed by atoms with Crippen molar-refractivity contribution < 1.29 is 5.11 Å². The van der Waals surface area contributed by atoms with Crippen molar-refractivity contribution in [3.63, 3.8) is 0 Å². The van der Waals surface area contributed by atoms with E-state index >= 15 is 0 Å². The number of aliphatic hydroxyl groups excluding tert-OH is 1. The van der Waals surface area contributed by atoms with Crippen molar-refractivity contribution in [1.29, 1.82) is 0 Å². The summed E-state index contributed by atoms with van der Waals surface area (Å²) in [4.78, 5) is 0. The molecule has 1 nitrogen and oxygen atoms in total. The summed E-state index contributed by atoms with van der Waals surface area (Å²) in [5, 5.41) is 10.2. The Morgan fingerprint density at radius 1 is 1.07 bits per heavy atom. The van der Waals surface area contributed by atoms with Crippen LogP contribution >= 0.6 is 22.6 Å². The van der Waals surface area contributed by atoms with Gasteiger partial charge in [0.15, 0.2) is 0 Å². The number of hydrogen-bond donors (Lipinski definition) is 1. The highest BCUT2D eigenvalue weighted by Crippen LogP contribution is 2.67. The second kappa shape index (κ2) is 8.75. The first-order valence-corrected chi connectivity index (χ1v) is 14.3. The van der Waals surface area contributed by atoms with Gasteiger partial charge in [0, 0.05) is 4.43 Å². The predicted octanol–water partition coefficient (Wildman–Crippen LogP) is 7.80. The average molecular weight is 513 g/mol. The minimum absolute atomic E-state index is 0.0774. The van der Waals surface area contributed by atoms with Crippen LogP contribution in [0.3, 0.4) is 0 Å². The molecule has 166 valence electrons. The lowest BCUT2D eigenvalue weighted by molar-refractivity contribution is -0.0573. The fourth-order valence-electron chi connectivity index (χ4n) is 8.68. The molecule has 4 aliphatic carbocycles. The van der Waals surface area contributed by atoms with Crippen LogP contribution in [0.15, 0.2) is 11.6 Å². The maximum absolute atomic E-state index is 10.2. The zero-order chi connectivity index (χ0) is 20.8. The summed E-state index contributed by atoms with van der Waals surface area (Å²) in [6, 6.07) is 0. The Labute approximate surface area is 194 Å². The summed E-state index contributed by atoms with van der Waals surface area (Å²) < 4.78 is 1.31. The SMILES string of the molecule is CC(CI)CCCC(C)[C@H]1CC[C@H]2[C@@H]3CC=C4C[C@@H](O)CC[C@]4(C)[C@H]3CC[C@]12C. The Hall–Kier alpha value is 0.430. The molecule has 0 radical (unpaired) electrons. The van der Waals surface area contributed by atoms with Crippen molar-refractivity contribution in [3.8, 4) is 0 Å². The van der Waals surface area contributed by atoms with Crippen molar-refractivity contribution in [2.75, 3.05) is 4.43 Å². The highest BCUT2D eigenvalue weighted by molar-refractivity contribution is 14.1. The number of alkyl halides is 1. The highest BCUT2D eigenvalue weighted by Gasteiger charge is 2.59. The zero-order valence-corrected chi connectivity index (χ0v) is 21.6. The Balaban J connectivity index is 1.46. The van der Waals surface area contributed by atoms with Gasteiger partial charge in [-0.25, -0.2) is 0 Å². The van der Waals surface area contributed by atoms with E-state index in [4.69, 9.17) is 0 Å². The van der Waals surface area contributed by atoms with E-state index in [1.165, 1.54) is 62.2 Å². The molecule has 0 saturated heterocycles. The number of halogens is 1. The summed E-state index contributed by atoms with van der Waals surface area (Å²) in [7, 11) is 0. The lowest BCUT2D eigenvalue weighted by Gasteiger charge is -2.58. The van der Waals surface area contributed by atoms with E-state index in [2.05, 4.69) is 56.4 Å². The van der Waals surface area contributed by atoms with Crippen LogP contribution in [-0.4, -0.2) is 15.6 Å². The summed E-state index contributed by atoms with van der Waals surface area (Å²) in [6.07, 6.45) is 17.2. The molecule has 29 heavy (non-hydrogen) atoms. The molecule has 2 heteroatoms. The second-order valence-corrected chi connectivity index (χ2v) is 12.9. The van der Waals surface area contributed by atoms with Crippen LogP contribution in [0.1, 0.15) is 98.3 Å². The monoisotopic (exact) mass is 512 g/mol. The molecule has 4 rings (SSSR count). The molecule has 0 aromatic rings. The smallest absolute Gasteiger partial charge is 0.0577 e. The number of aliphatic hydroxyl groups is 1. The lowest BCUT2D eigenvalue weighted by Crippen LogP contribution is -2.50. The first-order chi connectivity index (χ1) is 13.8. The Bertz CT molecular complexity index is 614. The van der Waals surface area contributed by atoms with Gasteiger partial charge in [-0.1, -0.05) is 74.8 Å². The van der Waals surface area contributed by atoms with Crippen LogP contribution in [0.4, 0.5) is 0 Å². The molecule has 1 N–H and O–H groups in total. The van der Waals surface area contributed by atoms with E-state index in [9.17, 15) is 5.11 Å². The van der Waals surface area contributed by atoms with Crippen molar-refractivity contribution in [2.45, 2.75) is 104 Å². The molecule has 3 fully saturated rings. The molecule has 0 aliphatic heterocycles. The van der Waals surface area contributed by atoms with Gasteiger partial charge in [-0.3, -0.25) is 0 Å². The van der Waals surface area contributed by atoms with Gasteiger partial charge in [-0.15, -0.1) is 0 Å². The molecular weight excluding hydrogens is 467 g/mol. The molecule has 0 heterocycles. The van der Waals surface area contributed by atoms with Gasteiger partial charge < -0.3 is 5.11 Å². The van der Waals surface area contributed by atoms with Crippen molar-refractivity contribution >= 4 is 22.6 Å². The van der Waals surface area contributed by atoms with Crippen LogP contribution in [0.25, 0.3) is 0 Å². The molecule has 0 aromatic carbocycles. The molecule has 9 atom stereocenters. The number of allylic oxidation sites excluding steroid dienone is 1. The van der Waals surface area contributed by atoms with Crippen molar-refractivity contribution in [2.24, 2.45) is 46.3 Å². The number of fused-ring (bicyclic) bond motifs is 5. The highest BCUT2D eigenvalue weighted by atomic mass is 127. The van der Waals surface area contributed by atoms with E-state index in [1.54, 1.807) is 5.57 Å². The van der Waals surface area contributed by atoms with Crippen molar-refractivity contribution in [3.05, 3.63) is 11.6 Å². The van der Waals surface area contributed by atoms with Gasteiger partial charge in [0.05, 0.1) is 6.10 Å². The van der Waals surface area contributed by atoms with Gasteiger partial charge in [-0.05, 0) is 104 Å². The summed E-state index contributed by atoms with van der Waals surface area (Å²) in [6.45, 7) is 10.3. The number of hydrogen-bond acceptors (Lipinski definition) is 1. The lowest BCUT2D eigenvalue weighted by atomic mass is 9.47. The summed E-state index contributed by atoms with van der Waals surface area (Å²) in [5.74, 6) is 5.49. The second-order valence-electron chi connectivity index (χ2n) is 12.1.